The Hall–Kier alpha value is -3.49. The van der Waals surface area contributed by atoms with Gasteiger partial charge in [0.2, 0.25) is 0 Å². The first kappa shape index (κ1) is 21.4. The second kappa shape index (κ2) is 9.17. The highest BCUT2D eigenvalue weighted by Gasteiger charge is 2.20. The number of carbonyl (C=O) groups excluding carboxylic acids is 2. The number of fused-ring (bicyclic) bond motifs is 1. The highest BCUT2D eigenvalue weighted by molar-refractivity contribution is 7.17. The van der Waals surface area contributed by atoms with Crippen LogP contribution in [-0.2, 0) is 6.54 Å². The van der Waals surface area contributed by atoms with Crippen LogP contribution in [0.15, 0.2) is 60.7 Å². The first-order valence-corrected chi connectivity index (χ1v) is 11.8. The van der Waals surface area contributed by atoms with E-state index >= 15 is 0 Å². The number of hydrogen-bond donors (Lipinski definition) is 2. The average Bonchev–Trinajstić information content (AvgIpc) is 3.50. The maximum atomic E-state index is 12.7. The van der Waals surface area contributed by atoms with Crippen molar-refractivity contribution in [3.63, 3.8) is 0 Å². The first-order chi connectivity index (χ1) is 16.1. The van der Waals surface area contributed by atoms with E-state index in [0.717, 1.165) is 53.5 Å². The molecule has 2 aromatic carbocycles. The van der Waals surface area contributed by atoms with Crippen LogP contribution in [0.2, 0.25) is 0 Å². The summed E-state index contributed by atoms with van der Waals surface area (Å²) >= 11 is 1.43. The molecule has 1 saturated heterocycles. The van der Waals surface area contributed by atoms with Crippen LogP contribution in [0.3, 0.4) is 0 Å². The summed E-state index contributed by atoms with van der Waals surface area (Å²) in [5, 5.41) is 2.93. The molecule has 8 heteroatoms. The number of rotatable bonds is 5. The van der Waals surface area contributed by atoms with Gasteiger partial charge in [-0.1, -0.05) is 24.3 Å². The third-order valence-electron chi connectivity index (χ3n) is 5.89. The number of hydrogen-bond acceptors (Lipinski definition) is 5. The standard InChI is InChI=1S/C25H25N5O2S/c1-29-12-14-30(15-13-29)25(32)18-8-6-17(7-9-18)21-10-11-22(33-21)24(31)26-16-23-27-19-4-2-3-5-20(19)28-23/h2-11H,12-16H2,1H3,(H,26,31)(H,27,28). The fourth-order valence-electron chi connectivity index (χ4n) is 3.92. The number of nitrogens with one attached hydrogen (secondary N) is 2. The zero-order valence-electron chi connectivity index (χ0n) is 18.4. The summed E-state index contributed by atoms with van der Waals surface area (Å²) in [5.74, 6) is 0.669. The van der Waals surface area contributed by atoms with E-state index in [9.17, 15) is 9.59 Å². The normalized spacial score (nSPS) is 14.5. The largest absolute Gasteiger partial charge is 0.344 e. The maximum Gasteiger partial charge on any atom is 0.261 e. The molecular weight excluding hydrogens is 434 g/mol. The van der Waals surface area contributed by atoms with Gasteiger partial charge < -0.3 is 20.1 Å². The Balaban J connectivity index is 1.21. The molecule has 0 aliphatic carbocycles. The smallest absolute Gasteiger partial charge is 0.261 e. The van der Waals surface area contributed by atoms with Gasteiger partial charge in [-0.15, -0.1) is 11.3 Å². The van der Waals surface area contributed by atoms with Crippen LogP contribution in [-0.4, -0.2) is 64.8 Å². The Labute approximate surface area is 196 Å². The summed E-state index contributed by atoms with van der Waals surface area (Å²) in [4.78, 5) is 38.8. The Kier molecular flexibility index (Phi) is 5.93. The fourth-order valence-corrected chi connectivity index (χ4v) is 4.85. The zero-order chi connectivity index (χ0) is 22.8. The highest BCUT2D eigenvalue weighted by atomic mass is 32.1. The highest BCUT2D eigenvalue weighted by Crippen LogP contribution is 2.28. The molecule has 1 aliphatic rings. The SMILES string of the molecule is CN1CCN(C(=O)c2ccc(-c3ccc(C(=O)NCc4nc5ccccc5[nH]4)s3)cc2)CC1. The molecule has 1 fully saturated rings. The summed E-state index contributed by atoms with van der Waals surface area (Å²) in [7, 11) is 2.07. The Morgan fingerprint density at radius 3 is 2.52 bits per heavy atom. The number of aromatic amines is 1. The van der Waals surface area contributed by atoms with Crippen molar-refractivity contribution in [2.24, 2.45) is 0 Å². The van der Waals surface area contributed by atoms with Gasteiger partial charge in [0.15, 0.2) is 0 Å². The Bertz CT molecular complexity index is 1250. The van der Waals surface area contributed by atoms with E-state index in [4.69, 9.17) is 0 Å². The minimum absolute atomic E-state index is 0.0754. The van der Waals surface area contributed by atoms with Gasteiger partial charge in [0.25, 0.3) is 11.8 Å². The van der Waals surface area contributed by atoms with Crippen molar-refractivity contribution < 1.29 is 9.59 Å². The van der Waals surface area contributed by atoms with Crippen molar-refractivity contribution in [2.75, 3.05) is 33.2 Å². The second-order valence-electron chi connectivity index (χ2n) is 8.22. The number of carbonyl (C=O) groups is 2. The van der Waals surface area contributed by atoms with E-state index in [1.165, 1.54) is 11.3 Å². The lowest BCUT2D eigenvalue weighted by Crippen LogP contribution is -2.47. The van der Waals surface area contributed by atoms with Gasteiger partial charge >= 0.3 is 0 Å². The monoisotopic (exact) mass is 459 g/mol. The van der Waals surface area contributed by atoms with E-state index in [-0.39, 0.29) is 11.8 Å². The molecule has 2 N–H and O–H groups in total. The average molecular weight is 460 g/mol. The van der Waals surface area contributed by atoms with Gasteiger partial charge in [-0.25, -0.2) is 4.98 Å². The number of aromatic nitrogens is 2. The van der Waals surface area contributed by atoms with Crippen LogP contribution >= 0.6 is 11.3 Å². The molecule has 0 saturated carbocycles. The summed E-state index contributed by atoms with van der Waals surface area (Å²) in [6.07, 6.45) is 0. The van der Waals surface area contributed by atoms with Gasteiger partial charge in [-0.05, 0) is 49.0 Å². The van der Waals surface area contributed by atoms with Crippen molar-refractivity contribution in [3.8, 4) is 10.4 Å². The van der Waals surface area contributed by atoms with Crippen LogP contribution in [0.5, 0.6) is 0 Å². The lowest BCUT2D eigenvalue weighted by Gasteiger charge is -2.32. The van der Waals surface area contributed by atoms with Crippen LogP contribution in [0.1, 0.15) is 25.9 Å². The quantitative estimate of drug-likeness (QED) is 0.478. The van der Waals surface area contributed by atoms with Crippen molar-refractivity contribution in [2.45, 2.75) is 6.54 Å². The number of H-pyrrole nitrogens is 1. The minimum atomic E-state index is -0.131. The summed E-state index contributed by atoms with van der Waals surface area (Å²) < 4.78 is 0. The molecular formula is C25H25N5O2S. The number of piperazine rings is 1. The van der Waals surface area contributed by atoms with E-state index in [1.54, 1.807) is 0 Å². The van der Waals surface area contributed by atoms with E-state index in [2.05, 4.69) is 27.2 Å². The number of nitrogens with zero attached hydrogens (tertiary/aromatic N) is 3. The van der Waals surface area contributed by atoms with Gasteiger partial charge in [0, 0.05) is 36.6 Å². The molecule has 0 radical (unpaired) electrons. The predicted octanol–water partition coefficient (Wildman–Crippen LogP) is 3.61. The van der Waals surface area contributed by atoms with Gasteiger partial charge in [0.1, 0.15) is 5.82 Å². The molecule has 0 spiro atoms. The molecule has 0 atom stereocenters. The predicted molar refractivity (Wildman–Crippen MR) is 130 cm³/mol. The molecule has 1 aliphatic heterocycles. The first-order valence-electron chi connectivity index (χ1n) is 11.0. The maximum absolute atomic E-state index is 12.7. The number of imidazole rings is 1. The summed E-state index contributed by atoms with van der Waals surface area (Å²) in [5.41, 5.74) is 3.53. The Morgan fingerprint density at radius 1 is 1.00 bits per heavy atom. The molecule has 7 nitrogen and oxygen atoms in total. The van der Waals surface area contributed by atoms with Crippen LogP contribution in [0, 0.1) is 0 Å². The van der Waals surface area contributed by atoms with Crippen molar-refractivity contribution >= 4 is 34.2 Å². The second-order valence-corrected chi connectivity index (χ2v) is 9.30. The molecule has 168 valence electrons. The minimum Gasteiger partial charge on any atom is -0.344 e. The van der Waals surface area contributed by atoms with E-state index < -0.39 is 0 Å². The number of amides is 2. The van der Waals surface area contributed by atoms with Crippen LogP contribution in [0.4, 0.5) is 0 Å². The number of thiophene rings is 1. The van der Waals surface area contributed by atoms with Gasteiger partial charge in [-0.2, -0.15) is 0 Å². The van der Waals surface area contributed by atoms with E-state index in [0.29, 0.717) is 17.0 Å². The number of likely N-dealkylation sites (N-methyl/N-ethyl adjacent to an activating group) is 1. The topological polar surface area (TPSA) is 81.3 Å². The molecule has 2 aromatic heterocycles. The molecule has 0 unspecified atom stereocenters. The zero-order valence-corrected chi connectivity index (χ0v) is 19.2. The van der Waals surface area contributed by atoms with Crippen molar-refractivity contribution in [1.29, 1.82) is 0 Å². The fraction of sp³-hybridized carbons (Fsp3) is 0.240. The molecule has 0 bridgehead atoms. The molecule has 4 aromatic rings. The molecule has 2 amide bonds. The molecule has 33 heavy (non-hydrogen) atoms. The third kappa shape index (κ3) is 4.67. The lowest BCUT2D eigenvalue weighted by atomic mass is 10.1. The van der Waals surface area contributed by atoms with Gasteiger partial charge in [-0.3, -0.25) is 9.59 Å². The number of para-hydroxylation sites is 2. The third-order valence-corrected chi connectivity index (χ3v) is 7.02. The molecule has 3 heterocycles. The van der Waals surface area contributed by atoms with Crippen LogP contribution < -0.4 is 5.32 Å². The van der Waals surface area contributed by atoms with Crippen molar-refractivity contribution in [3.05, 3.63) is 76.9 Å². The van der Waals surface area contributed by atoms with Gasteiger partial charge in [0.05, 0.1) is 22.5 Å². The molecule has 5 rings (SSSR count). The summed E-state index contributed by atoms with van der Waals surface area (Å²) in [6, 6.07) is 19.2. The van der Waals surface area contributed by atoms with Crippen LogP contribution in [0.25, 0.3) is 21.5 Å². The summed E-state index contributed by atoms with van der Waals surface area (Å²) in [6.45, 7) is 3.66. The Morgan fingerprint density at radius 2 is 1.76 bits per heavy atom. The lowest BCUT2D eigenvalue weighted by molar-refractivity contribution is 0.0664. The van der Waals surface area contributed by atoms with Crippen molar-refractivity contribution in [1.82, 2.24) is 25.1 Å². The number of benzene rings is 2. The van der Waals surface area contributed by atoms with E-state index in [1.807, 2.05) is 65.6 Å².